The lowest BCUT2D eigenvalue weighted by Crippen LogP contribution is -2.38. The molecule has 1 aliphatic rings. The number of carbonyl (C=O) groups is 1. The van der Waals surface area contributed by atoms with E-state index in [9.17, 15) is 9.18 Å². The monoisotopic (exact) mass is 280 g/mol. The molecule has 0 radical (unpaired) electrons. The number of rotatable bonds is 5. The van der Waals surface area contributed by atoms with Gasteiger partial charge < -0.3 is 15.4 Å². The Morgan fingerprint density at radius 2 is 2.40 bits per heavy atom. The minimum Gasteiger partial charge on any atom is -0.494 e. The highest BCUT2D eigenvalue weighted by Crippen LogP contribution is 2.18. The number of hydrogen-bond donors (Lipinski definition) is 2. The number of amides is 1. The highest BCUT2D eigenvalue weighted by molar-refractivity contribution is 5.78. The molecule has 1 saturated heterocycles. The number of carbonyl (C=O) groups excluding carboxylic acids is 1. The van der Waals surface area contributed by atoms with Crippen LogP contribution in [0.15, 0.2) is 18.2 Å². The van der Waals surface area contributed by atoms with Gasteiger partial charge in [0.1, 0.15) is 0 Å². The lowest BCUT2D eigenvalue weighted by molar-refractivity contribution is -0.120. The van der Waals surface area contributed by atoms with Gasteiger partial charge in [-0.1, -0.05) is 6.07 Å². The van der Waals surface area contributed by atoms with E-state index in [0.717, 1.165) is 25.9 Å². The molecule has 1 heterocycles. The molecular weight excluding hydrogens is 259 g/mol. The molecule has 0 bridgehead atoms. The van der Waals surface area contributed by atoms with Gasteiger partial charge >= 0.3 is 0 Å². The summed E-state index contributed by atoms with van der Waals surface area (Å²) in [7, 11) is 1.42. The van der Waals surface area contributed by atoms with Crippen molar-refractivity contribution in [1.29, 1.82) is 0 Å². The normalized spacial score (nSPS) is 18.6. The van der Waals surface area contributed by atoms with Gasteiger partial charge in [-0.2, -0.15) is 0 Å². The van der Waals surface area contributed by atoms with Gasteiger partial charge in [0.25, 0.3) is 0 Å². The first-order valence-electron chi connectivity index (χ1n) is 6.99. The predicted molar refractivity (Wildman–Crippen MR) is 75.3 cm³/mol. The Bertz CT molecular complexity index is 459. The van der Waals surface area contributed by atoms with E-state index in [-0.39, 0.29) is 18.1 Å². The van der Waals surface area contributed by atoms with Gasteiger partial charge in [-0.3, -0.25) is 4.79 Å². The summed E-state index contributed by atoms with van der Waals surface area (Å²) in [6, 6.07) is 4.60. The SMILES string of the molecule is COc1ccc(CC(=O)NCC2CCCNC2)cc1F. The molecule has 110 valence electrons. The molecule has 1 atom stereocenters. The van der Waals surface area contributed by atoms with Gasteiger partial charge in [0.05, 0.1) is 13.5 Å². The minimum atomic E-state index is -0.436. The third kappa shape index (κ3) is 4.20. The van der Waals surface area contributed by atoms with Crippen molar-refractivity contribution in [3.8, 4) is 5.75 Å². The lowest BCUT2D eigenvalue weighted by Gasteiger charge is -2.22. The fraction of sp³-hybridized carbons (Fsp3) is 0.533. The van der Waals surface area contributed by atoms with E-state index in [0.29, 0.717) is 18.0 Å². The summed E-state index contributed by atoms with van der Waals surface area (Å²) in [5.74, 6) is 0.192. The average Bonchev–Trinajstić information content (AvgIpc) is 2.46. The highest BCUT2D eigenvalue weighted by Gasteiger charge is 2.14. The zero-order valence-electron chi connectivity index (χ0n) is 11.7. The Morgan fingerprint density at radius 3 is 3.05 bits per heavy atom. The van der Waals surface area contributed by atoms with Crippen molar-refractivity contribution in [2.24, 2.45) is 5.92 Å². The molecule has 0 saturated carbocycles. The van der Waals surface area contributed by atoms with E-state index in [1.54, 1.807) is 12.1 Å². The fourth-order valence-electron chi connectivity index (χ4n) is 2.42. The Labute approximate surface area is 118 Å². The molecule has 1 aromatic carbocycles. The number of methoxy groups -OCH3 is 1. The second-order valence-corrected chi connectivity index (χ2v) is 5.16. The van der Waals surface area contributed by atoms with Crippen molar-refractivity contribution in [2.75, 3.05) is 26.7 Å². The van der Waals surface area contributed by atoms with E-state index in [4.69, 9.17) is 4.74 Å². The van der Waals surface area contributed by atoms with Crippen molar-refractivity contribution < 1.29 is 13.9 Å². The molecule has 1 fully saturated rings. The van der Waals surface area contributed by atoms with Crippen LogP contribution in [-0.4, -0.2) is 32.7 Å². The Kier molecular flexibility index (Phi) is 5.35. The fourth-order valence-corrected chi connectivity index (χ4v) is 2.42. The third-order valence-corrected chi connectivity index (χ3v) is 3.57. The average molecular weight is 280 g/mol. The summed E-state index contributed by atoms with van der Waals surface area (Å²) < 4.78 is 18.4. The first-order chi connectivity index (χ1) is 9.69. The summed E-state index contributed by atoms with van der Waals surface area (Å²) in [5, 5.41) is 6.23. The van der Waals surface area contributed by atoms with Crippen LogP contribution in [0.3, 0.4) is 0 Å². The molecule has 5 heteroatoms. The molecule has 20 heavy (non-hydrogen) atoms. The second kappa shape index (κ2) is 7.24. The largest absolute Gasteiger partial charge is 0.494 e. The van der Waals surface area contributed by atoms with Crippen LogP contribution in [0.25, 0.3) is 0 Å². The van der Waals surface area contributed by atoms with Gasteiger partial charge in [-0.15, -0.1) is 0 Å². The van der Waals surface area contributed by atoms with Gasteiger partial charge in [-0.05, 0) is 49.5 Å². The smallest absolute Gasteiger partial charge is 0.224 e. The van der Waals surface area contributed by atoms with E-state index < -0.39 is 5.82 Å². The minimum absolute atomic E-state index is 0.0693. The number of benzene rings is 1. The van der Waals surface area contributed by atoms with Crippen LogP contribution in [0.4, 0.5) is 4.39 Å². The predicted octanol–water partition coefficient (Wildman–Crippen LogP) is 1.49. The van der Waals surface area contributed by atoms with Gasteiger partial charge in [0.2, 0.25) is 5.91 Å². The van der Waals surface area contributed by atoms with E-state index >= 15 is 0 Å². The molecule has 1 amide bonds. The summed E-state index contributed by atoms with van der Waals surface area (Å²) in [6.45, 7) is 2.71. The Morgan fingerprint density at radius 1 is 1.55 bits per heavy atom. The van der Waals surface area contributed by atoms with Crippen LogP contribution in [-0.2, 0) is 11.2 Å². The number of nitrogens with one attached hydrogen (secondary N) is 2. The zero-order valence-corrected chi connectivity index (χ0v) is 11.7. The Hall–Kier alpha value is -1.62. The Balaban J connectivity index is 1.80. The van der Waals surface area contributed by atoms with Crippen molar-refractivity contribution in [1.82, 2.24) is 10.6 Å². The van der Waals surface area contributed by atoms with Crippen molar-refractivity contribution >= 4 is 5.91 Å². The quantitative estimate of drug-likeness (QED) is 0.859. The number of piperidine rings is 1. The molecule has 2 rings (SSSR count). The topological polar surface area (TPSA) is 50.4 Å². The van der Waals surface area contributed by atoms with Crippen molar-refractivity contribution in [3.63, 3.8) is 0 Å². The molecule has 1 unspecified atom stereocenters. The van der Waals surface area contributed by atoms with Crippen LogP contribution < -0.4 is 15.4 Å². The highest BCUT2D eigenvalue weighted by atomic mass is 19.1. The van der Waals surface area contributed by atoms with Crippen LogP contribution in [0.5, 0.6) is 5.75 Å². The second-order valence-electron chi connectivity index (χ2n) is 5.16. The maximum atomic E-state index is 13.5. The van der Waals surface area contributed by atoms with Crippen LogP contribution in [0, 0.1) is 11.7 Å². The summed E-state index contributed by atoms with van der Waals surface area (Å²) in [5.41, 5.74) is 0.655. The lowest BCUT2D eigenvalue weighted by atomic mass is 9.99. The number of halogens is 1. The van der Waals surface area contributed by atoms with Gasteiger partial charge in [0.15, 0.2) is 11.6 Å². The first kappa shape index (κ1) is 14.8. The summed E-state index contributed by atoms with van der Waals surface area (Å²) in [6.07, 6.45) is 2.50. The molecular formula is C15H21FN2O2. The van der Waals surface area contributed by atoms with Crippen molar-refractivity contribution in [2.45, 2.75) is 19.3 Å². The van der Waals surface area contributed by atoms with Crippen LogP contribution in [0.1, 0.15) is 18.4 Å². The molecule has 0 spiro atoms. The summed E-state index contributed by atoms with van der Waals surface area (Å²) in [4.78, 5) is 11.8. The van der Waals surface area contributed by atoms with E-state index in [1.807, 2.05) is 0 Å². The van der Waals surface area contributed by atoms with Crippen LogP contribution in [0.2, 0.25) is 0 Å². The maximum Gasteiger partial charge on any atom is 0.224 e. The van der Waals surface area contributed by atoms with Gasteiger partial charge in [0, 0.05) is 6.54 Å². The van der Waals surface area contributed by atoms with E-state index in [2.05, 4.69) is 10.6 Å². The molecule has 0 aliphatic carbocycles. The molecule has 1 aliphatic heterocycles. The van der Waals surface area contributed by atoms with E-state index in [1.165, 1.54) is 13.2 Å². The first-order valence-corrected chi connectivity index (χ1v) is 6.99. The van der Waals surface area contributed by atoms with Crippen molar-refractivity contribution in [3.05, 3.63) is 29.6 Å². The zero-order chi connectivity index (χ0) is 14.4. The molecule has 1 aromatic rings. The standard InChI is InChI=1S/C15H21FN2O2/c1-20-14-5-4-11(7-13(14)16)8-15(19)18-10-12-3-2-6-17-9-12/h4-5,7,12,17H,2-3,6,8-10H2,1H3,(H,18,19). The molecule has 4 nitrogen and oxygen atoms in total. The van der Waals surface area contributed by atoms with Gasteiger partial charge in [-0.25, -0.2) is 4.39 Å². The number of ether oxygens (including phenoxy) is 1. The number of hydrogen-bond acceptors (Lipinski definition) is 3. The molecule has 2 N–H and O–H groups in total. The summed E-state index contributed by atoms with van der Waals surface area (Å²) >= 11 is 0. The maximum absolute atomic E-state index is 13.5. The molecule has 0 aromatic heterocycles. The third-order valence-electron chi connectivity index (χ3n) is 3.57. The van der Waals surface area contributed by atoms with Crippen LogP contribution >= 0.6 is 0 Å².